The van der Waals surface area contributed by atoms with Gasteiger partial charge in [-0.15, -0.1) is 0 Å². The van der Waals surface area contributed by atoms with Crippen molar-refractivity contribution >= 4 is 11.7 Å². The van der Waals surface area contributed by atoms with Gasteiger partial charge in [0.05, 0.1) is 5.56 Å². The molecule has 130 valence electrons. The number of nitrogens with zero attached hydrogens (tertiary/aromatic N) is 1. The number of cyclic esters (lactones) is 1. The number of carbonyl (C=O) groups excluding carboxylic acids is 1. The Morgan fingerprint density at radius 2 is 1.42 bits per heavy atom. The molecule has 1 atom stereocenters. The van der Waals surface area contributed by atoms with Gasteiger partial charge in [-0.05, 0) is 29.3 Å². The van der Waals surface area contributed by atoms with Gasteiger partial charge in [-0.25, -0.2) is 4.79 Å². The van der Waals surface area contributed by atoms with Crippen LogP contribution in [0, 0.1) is 0 Å². The summed E-state index contributed by atoms with van der Waals surface area (Å²) in [4.78, 5) is 14.2. The van der Waals surface area contributed by atoms with E-state index in [1.165, 1.54) is 11.1 Å². The average molecular weight is 345 g/mol. The predicted octanol–water partition coefficient (Wildman–Crippen LogP) is 4.05. The molecule has 1 aliphatic rings. The molecule has 4 heteroatoms. The molecule has 1 N–H and O–H groups in total. The summed E-state index contributed by atoms with van der Waals surface area (Å²) in [6, 6.07) is 25.9. The molecule has 0 fully saturated rings. The lowest BCUT2D eigenvalue weighted by molar-refractivity contribution is -0.0547. The lowest BCUT2D eigenvalue weighted by Gasteiger charge is -2.25. The molecule has 0 saturated heterocycles. The Bertz CT molecular complexity index is 868. The molecular weight excluding hydrogens is 326 g/mol. The Morgan fingerprint density at radius 1 is 0.846 bits per heavy atom. The van der Waals surface area contributed by atoms with Gasteiger partial charge in [-0.1, -0.05) is 60.7 Å². The van der Waals surface area contributed by atoms with E-state index in [1.54, 1.807) is 12.1 Å². The van der Waals surface area contributed by atoms with Gasteiger partial charge in [0.1, 0.15) is 0 Å². The molecular formula is C22H19NO3. The van der Waals surface area contributed by atoms with E-state index >= 15 is 0 Å². The van der Waals surface area contributed by atoms with Crippen molar-refractivity contribution in [2.24, 2.45) is 0 Å². The number of esters is 1. The molecule has 3 aromatic carbocycles. The minimum atomic E-state index is -1.16. The zero-order valence-electron chi connectivity index (χ0n) is 14.2. The highest BCUT2D eigenvalue weighted by molar-refractivity contribution is 5.95. The monoisotopic (exact) mass is 345 g/mol. The fourth-order valence-corrected chi connectivity index (χ4v) is 3.21. The van der Waals surface area contributed by atoms with Gasteiger partial charge in [0.15, 0.2) is 0 Å². The normalized spacial score (nSPS) is 15.4. The maximum Gasteiger partial charge on any atom is 0.341 e. The van der Waals surface area contributed by atoms with E-state index in [-0.39, 0.29) is 0 Å². The molecule has 0 radical (unpaired) electrons. The van der Waals surface area contributed by atoms with Crippen LogP contribution >= 0.6 is 0 Å². The zero-order chi connectivity index (χ0) is 17.9. The molecule has 1 unspecified atom stereocenters. The largest absolute Gasteiger partial charge is 0.428 e. The molecule has 0 saturated carbocycles. The van der Waals surface area contributed by atoms with Gasteiger partial charge in [-0.2, -0.15) is 0 Å². The minimum absolute atomic E-state index is 0.432. The second-order valence-electron chi connectivity index (χ2n) is 6.36. The Labute approximate surface area is 152 Å². The van der Waals surface area contributed by atoms with E-state index < -0.39 is 12.3 Å². The van der Waals surface area contributed by atoms with Crippen molar-refractivity contribution < 1.29 is 14.6 Å². The van der Waals surface area contributed by atoms with Crippen LogP contribution in [-0.4, -0.2) is 11.1 Å². The highest BCUT2D eigenvalue weighted by Gasteiger charge is 2.30. The van der Waals surface area contributed by atoms with Gasteiger partial charge in [0, 0.05) is 24.3 Å². The molecule has 3 aromatic rings. The first-order chi connectivity index (χ1) is 12.7. The Hall–Kier alpha value is -3.11. The fraction of sp³-hybridized carbons (Fsp3) is 0.136. The van der Waals surface area contributed by atoms with Crippen LogP contribution in [0.4, 0.5) is 5.69 Å². The van der Waals surface area contributed by atoms with Crippen LogP contribution in [0.2, 0.25) is 0 Å². The molecule has 4 rings (SSSR count). The summed E-state index contributed by atoms with van der Waals surface area (Å²) in [5.41, 5.74) is 4.25. The second kappa shape index (κ2) is 7.02. The lowest BCUT2D eigenvalue weighted by Crippen LogP contribution is -2.22. The van der Waals surface area contributed by atoms with Gasteiger partial charge < -0.3 is 14.7 Å². The smallest absolute Gasteiger partial charge is 0.341 e. The maximum atomic E-state index is 12.0. The van der Waals surface area contributed by atoms with E-state index in [4.69, 9.17) is 4.74 Å². The van der Waals surface area contributed by atoms with Gasteiger partial charge in [0.2, 0.25) is 6.29 Å². The predicted molar refractivity (Wildman–Crippen MR) is 99.6 cm³/mol. The number of hydrogen-bond acceptors (Lipinski definition) is 4. The Kier molecular flexibility index (Phi) is 4.42. The number of ether oxygens (including phenoxy) is 1. The number of rotatable bonds is 5. The van der Waals surface area contributed by atoms with Crippen LogP contribution in [-0.2, 0) is 17.8 Å². The second-order valence-corrected chi connectivity index (χ2v) is 6.36. The topological polar surface area (TPSA) is 49.8 Å². The van der Waals surface area contributed by atoms with Crippen molar-refractivity contribution in [2.75, 3.05) is 4.90 Å². The first-order valence-electron chi connectivity index (χ1n) is 8.56. The van der Waals surface area contributed by atoms with Gasteiger partial charge in [0.25, 0.3) is 0 Å². The minimum Gasteiger partial charge on any atom is -0.428 e. The summed E-state index contributed by atoms with van der Waals surface area (Å²) >= 11 is 0. The van der Waals surface area contributed by atoms with Crippen molar-refractivity contribution in [3.8, 4) is 0 Å². The Balaban J connectivity index is 1.68. The average Bonchev–Trinajstić information content (AvgIpc) is 2.96. The van der Waals surface area contributed by atoms with Crippen molar-refractivity contribution in [3.05, 3.63) is 101 Å². The number of benzene rings is 3. The third kappa shape index (κ3) is 3.32. The zero-order valence-corrected chi connectivity index (χ0v) is 14.2. The summed E-state index contributed by atoms with van der Waals surface area (Å²) in [6.07, 6.45) is -1.16. The van der Waals surface area contributed by atoms with Crippen molar-refractivity contribution in [1.29, 1.82) is 0 Å². The van der Waals surface area contributed by atoms with E-state index in [0.717, 1.165) is 5.69 Å². The SMILES string of the molecule is O=C1OC(O)c2ccc(N(Cc3ccccc3)Cc3ccccc3)cc21. The standard InChI is InChI=1S/C22H19NO3/c24-21-19-12-11-18(13-20(19)22(25)26-21)23(14-16-7-3-1-4-8-16)15-17-9-5-2-6-10-17/h1-13,21,24H,14-15H2. The summed E-state index contributed by atoms with van der Waals surface area (Å²) in [7, 11) is 0. The quantitative estimate of drug-likeness (QED) is 0.709. The van der Waals surface area contributed by atoms with E-state index in [1.807, 2.05) is 42.5 Å². The number of hydrogen-bond donors (Lipinski definition) is 1. The molecule has 1 heterocycles. The van der Waals surface area contributed by atoms with Gasteiger partial charge in [-0.3, -0.25) is 0 Å². The summed E-state index contributed by atoms with van der Waals surface area (Å²) in [5, 5.41) is 9.80. The summed E-state index contributed by atoms with van der Waals surface area (Å²) in [5.74, 6) is -0.478. The van der Waals surface area contributed by atoms with Crippen LogP contribution in [0.15, 0.2) is 78.9 Å². The van der Waals surface area contributed by atoms with Crippen LogP contribution in [0.3, 0.4) is 0 Å². The number of carbonyl (C=O) groups is 1. The van der Waals surface area contributed by atoms with Crippen molar-refractivity contribution in [3.63, 3.8) is 0 Å². The van der Waals surface area contributed by atoms with E-state index in [2.05, 4.69) is 29.2 Å². The van der Waals surface area contributed by atoms with Crippen molar-refractivity contribution in [1.82, 2.24) is 0 Å². The number of aliphatic hydroxyl groups excluding tert-OH is 1. The molecule has 26 heavy (non-hydrogen) atoms. The fourth-order valence-electron chi connectivity index (χ4n) is 3.21. The number of fused-ring (bicyclic) bond motifs is 1. The molecule has 0 aliphatic carbocycles. The third-order valence-corrected chi connectivity index (χ3v) is 4.54. The summed E-state index contributed by atoms with van der Waals surface area (Å²) < 4.78 is 4.90. The first kappa shape index (κ1) is 16.4. The molecule has 0 aromatic heterocycles. The highest BCUT2D eigenvalue weighted by atomic mass is 16.6. The van der Waals surface area contributed by atoms with Gasteiger partial charge >= 0.3 is 5.97 Å². The maximum absolute atomic E-state index is 12.0. The number of aliphatic hydroxyl groups is 1. The molecule has 4 nitrogen and oxygen atoms in total. The van der Waals surface area contributed by atoms with Crippen molar-refractivity contribution in [2.45, 2.75) is 19.4 Å². The molecule has 0 amide bonds. The lowest BCUT2D eigenvalue weighted by atomic mass is 10.1. The molecule has 1 aliphatic heterocycles. The van der Waals surface area contributed by atoms with E-state index in [0.29, 0.717) is 24.2 Å². The molecule has 0 spiro atoms. The number of anilines is 1. The Morgan fingerprint density at radius 3 is 2.00 bits per heavy atom. The van der Waals surface area contributed by atoms with Crippen LogP contribution in [0.25, 0.3) is 0 Å². The highest BCUT2D eigenvalue weighted by Crippen LogP contribution is 2.32. The third-order valence-electron chi connectivity index (χ3n) is 4.54. The van der Waals surface area contributed by atoms with Crippen LogP contribution < -0.4 is 4.90 Å². The van der Waals surface area contributed by atoms with Crippen LogP contribution in [0.5, 0.6) is 0 Å². The molecule has 0 bridgehead atoms. The summed E-state index contributed by atoms with van der Waals surface area (Å²) in [6.45, 7) is 1.43. The van der Waals surface area contributed by atoms with Crippen LogP contribution in [0.1, 0.15) is 33.3 Å². The first-order valence-corrected chi connectivity index (χ1v) is 8.56. The van der Waals surface area contributed by atoms with E-state index in [9.17, 15) is 9.90 Å².